The van der Waals surface area contributed by atoms with E-state index in [1.807, 2.05) is 20.8 Å². The van der Waals surface area contributed by atoms with Crippen LogP contribution in [0.25, 0.3) is 0 Å². The molecule has 1 fully saturated rings. The average Bonchev–Trinajstić information content (AvgIpc) is 2.44. The summed E-state index contributed by atoms with van der Waals surface area (Å²) in [6.45, 7) is 7.85. The van der Waals surface area contributed by atoms with Gasteiger partial charge in [0.15, 0.2) is 0 Å². The first-order chi connectivity index (χ1) is 10.3. The smallest absolute Gasteiger partial charge is 0.407 e. The molecule has 2 heterocycles. The van der Waals surface area contributed by atoms with Crippen LogP contribution in [0.5, 0.6) is 0 Å². The van der Waals surface area contributed by atoms with E-state index in [2.05, 4.69) is 20.2 Å². The fourth-order valence-electron chi connectivity index (χ4n) is 2.43. The van der Waals surface area contributed by atoms with Gasteiger partial charge in [-0.1, -0.05) is 11.6 Å². The van der Waals surface area contributed by atoms with Crippen molar-refractivity contribution >= 4 is 23.6 Å². The van der Waals surface area contributed by atoms with Crippen LogP contribution in [-0.2, 0) is 4.74 Å². The van der Waals surface area contributed by atoms with Crippen LogP contribution in [0.4, 0.5) is 10.7 Å². The van der Waals surface area contributed by atoms with Gasteiger partial charge < -0.3 is 15.0 Å². The molecule has 22 heavy (non-hydrogen) atoms. The van der Waals surface area contributed by atoms with Crippen molar-refractivity contribution < 1.29 is 9.53 Å². The Kier molecular flexibility index (Phi) is 5.45. The molecule has 2 rings (SSSR count). The van der Waals surface area contributed by atoms with Crippen LogP contribution in [0.2, 0.25) is 5.15 Å². The van der Waals surface area contributed by atoms with E-state index in [9.17, 15) is 4.79 Å². The summed E-state index contributed by atoms with van der Waals surface area (Å²) in [7, 11) is 0. The van der Waals surface area contributed by atoms with Crippen LogP contribution < -0.4 is 10.2 Å². The molecular weight excluding hydrogens is 304 g/mol. The lowest BCUT2D eigenvalue weighted by Gasteiger charge is -2.33. The predicted octanol–water partition coefficient (Wildman–Crippen LogP) is 2.87. The number of rotatable bonds is 3. The van der Waals surface area contributed by atoms with Gasteiger partial charge in [-0.2, -0.15) is 0 Å². The van der Waals surface area contributed by atoms with Gasteiger partial charge in [0.05, 0.1) is 0 Å². The third kappa shape index (κ3) is 5.33. The first-order valence-corrected chi connectivity index (χ1v) is 7.91. The molecule has 0 aliphatic carbocycles. The highest BCUT2D eigenvalue weighted by atomic mass is 35.5. The van der Waals surface area contributed by atoms with E-state index in [1.54, 1.807) is 12.3 Å². The Balaban J connectivity index is 1.85. The second kappa shape index (κ2) is 7.13. The molecule has 1 N–H and O–H groups in total. The minimum atomic E-state index is -0.475. The van der Waals surface area contributed by atoms with Gasteiger partial charge in [-0.05, 0) is 45.6 Å². The van der Waals surface area contributed by atoms with Gasteiger partial charge in [-0.25, -0.2) is 14.8 Å². The Morgan fingerprint density at radius 2 is 2.32 bits per heavy atom. The summed E-state index contributed by atoms with van der Waals surface area (Å²) >= 11 is 5.91. The highest BCUT2D eigenvalue weighted by Gasteiger charge is 2.23. The largest absolute Gasteiger partial charge is 0.444 e. The number of hydrogen-bond donors (Lipinski definition) is 1. The van der Waals surface area contributed by atoms with Crippen molar-refractivity contribution in [3.8, 4) is 0 Å². The summed E-state index contributed by atoms with van der Waals surface area (Å²) in [5.74, 6) is 0.998. The number of alkyl carbamates (subject to hydrolysis) is 1. The highest BCUT2D eigenvalue weighted by molar-refractivity contribution is 6.29. The van der Waals surface area contributed by atoms with Gasteiger partial charge in [0.2, 0.25) is 5.95 Å². The maximum absolute atomic E-state index is 11.7. The van der Waals surface area contributed by atoms with E-state index in [-0.39, 0.29) is 6.09 Å². The minimum absolute atomic E-state index is 0.351. The van der Waals surface area contributed by atoms with E-state index < -0.39 is 5.60 Å². The molecule has 1 aliphatic heterocycles. The van der Waals surface area contributed by atoms with Crippen molar-refractivity contribution in [1.82, 2.24) is 15.3 Å². The molecular formula is C15H23ClN4O2. The fraction of sp³-hybridized carbons (Fsp3) is 0.667. The molecule has 1 aromatic rings. The van der Waals surface area contributed by atoms with Crippen molar-refractivity contribution in [1.29, 1.82) is 0 Å². The average molecular weight is 327 g/mol. The number of nitrogens with zero attached hydrogens (tertiary/aromatic N) is 3. The lowest BCUT2D eigenvalue weighted by Crippen LogP contribution is -2.42. The van der Waals surface area contributed by atoms with E-state index in [4.69, 9.17) is 16.3 Å². The summed E-state index contributed by atoms with van der Waals surface area (Å²) < 4.78 is 5.25. The Bertz CT molecular complexity index is 519. The quantitative estimate of drug-likeness (QED) is 0.865. The number of ether oxygens (including phenoxy) is 1. The molecule has 0 radical (unpaired) electrons. The number of carbonyl (C=O) groups excluding carboxylic acids is 1. The van der Waals surface area contributed by atoms with Gasteiger partial charge in [0.1, 0.15) is 10.8 Å². The van der Waals surface area contributed by atoms with Crippen molar-refractivity contribution in [2.75, 3.05) is 24.5 Å². The Hall–Kier alpha value is -1.56. The molecule has 1 atom stereocenters. The number of amides is 1. The topological polar surface area (TPSA) is 67.3 Å². The molecule has 1 aromatic heterocycles. The predicted molar refractivity (Wildman–Crippen MR) is 86.2 cm³/mol. The van der Waals surface area contributed by atoms with Gasteiger partial charge >= 0.3 is 6.09 Å². The molecule has 1 aliphatic rings. The molecule has 0 aromatic carbocycles. The Labute approximate surface area is 136 Å². The summed E-state index contributed by atoms with van der Waals surface area (Å²) in [4.78, 5) is 22.3. The third-order valence-electron chi connectivity index (χ3n) is 3.34. The number of nitrogens with one attached hydrogen (secondary N) is 1. The molecule has 0 spiro atoms. The summed E-state index contributed by atoms with van der Waals surface area (Å²) in [5, 5.41) is 3.28. The SMILES string of the molecule is CC(C)(C)OC(=O)NC[C@@H]1CCCN(c2nccc(Cl)n2)C1. The van der Waals surface area contributed by atoms with E-state index in [0.717, 1.165) is 25.9 Å². The number of hydrogen-bond acceptors (Lipinski definition) is 5. The first kappa shape index (κ1) is 16.8. The number of carbonyl (C=O) groups is 1. The lowest BCUT2D eigenvalue weighted by molar-refractivity contribution is 0.0517. The van der Waals surface area contributed by atoms with Gasteiger partial charge in [0.25, 0.3) is 0 Å². The van der Waals surface area contributed by atoms with Crippen LogP contribution in [0.3, 0.4) is 0 Å². The second-order valence-electron chi connectivity index (χ2n) is 6.52. The number of aromatic nitrogens is 2. The molecule has 7 heteroatoms. The maximum atomic E-state index is 11.7. The van der Waals surface area contributed by atoms with Crippen molar-refractivity contribution in [2.45, 2.75) is 39.2 Å². The van der Waals surface area contributed by atoms with Crippen molar-refractivity contribution in [2.24, 2.45) is 5.92 Å². The van der Waals surface area contributed by atoms with Crippen LogP contribution in [0.1, 0.15) is 33.6 Å². The first-order valence-electron chi connectivity index (χ1n) is 7.54. The monoisotopic (exact) mass is 326 g/mol. The summed E-state index contributed by atoms with van der Waals surface area (Å²) in [6.07, 6.45) is 3.39. The molecule has 0 unspecified atom stereocenters. The van der Waals surface area contributed by atoms with Gasteiger partial charge in [-0.15, -0.1) is 0 Å². The maximum Gasteiger partial charge on any atom is 0.407 e. The van der Waals surface area contributed by atoms with Crippen molar-refractivity contribution in [3.63, 3.8) is 0 Å². The van der Waals surface area contributed by atoms with Crippen LogP contribution in [0.15, 0.2) is 12.3 Å². The van der Waals surface area contributed by atoms with Gasteiger partial charge in [-0.3, -0.25) is 0 Å². The van der Waals surface area contributed by atoms with E-state index in [0.29, 0.717) is 23.6 Å². The standard InChI is InChI=1S/C15H23ClN4O2/c1-15(2,3)22-14(21)18-9-11-5-4-8-20(10-11)13-17-7-6-12(16)19-13/h6-7,11H,4-5,8-10H2,1-3H3,(H,18,21)/t11-/m0/s1. The second-order valence-corrected chi connectivity index (χ2v) is 6.90. The molecule has 0 saturated carbocycles. The van der Waals surface area contributed by atoms with Gasteiger partial charge in [0, 0.05) is 25.8 Å². The highest BCUT2D eigenvalue weighted by Crippen LogP contribution is 2.20. The fourth-order valence-corrected chi connectivity index (χ4v) is 2.57. The zero-order valence-electron chi connectivity index (χ0n) is 13.3. The molecule has 0 bridgehead atoms. The summed E-state index contributed by atoms with van der Waals surface area (Å²) in [6, 6.07) is 1.66. The Morgan fingerprint density at radius 3 is 3.00 bits per heavy atom. The van der Waals surface area contributed by atoms with E-state index in [1.165, 1.54) is 0 Å². The number of halogens is 1. The zero-order valence-corrected chi connectivity index (χ0v) is 14.1. The zero-order chi connectivity index (χ0) is 16.2. The lowest BCUT2D eigenvalue weighted by atomic mass is 9.98. The molecule has 1 amide bonds. The van der Waals surface area contributed by atoms with Crippen LogP contribution >= 0.6 is 11.6 Å². The number of piperidine rings is 1. The van der Waals surface area contributed by atoms with Crippen molar-refractivity contribution in [3.05, 3.63) is 17.4 Å². The molecule has 1 saturated heterocycles. The number of anilines is 1. The summed E-state index contributed by atoms with van der Waals surface area (Å²) in [5.41, 5.74) is -0.475. The van der Waals surface area contributed by atoms with E-state index >= 15 is 0 Å². The minimum Gasteiger partial charge on any atom is -0.444 e. The normalized spacial score (nSPS) is 18.9. The molecule has 122 valence electrons. The van der Waals surface area contributed by atoms with Crippen LogP contribution in [-0.4, -0.2) is 41.3 Å². The molecule has 6 nitrogen and oxygen atoms in total. The Morgan fingerprint density at radius 1 is 1.55 bits per heavy atom. The third-order valence-corrected chi connectivity index (χ3v) is 3.56. The van der Waals surface area contributed by atoms with Crippen LogP contribution in [0, 0.1) is 5.92 Å².